The van der Waals surface area contributed by atoms with Gasteiger partial charge in [0.05, 0.1) is 18.7 Å². The SMILES string of the molecule is Cn1nc(-c2n[nH]c3ccc(-n4cccc4C#N)cc23)cc(N2CCOCC2)c1=O. The van der Waals surface area contributed by atoms with Gasteiger partial charge in [0, 0.05) is 37.4 Å². The van der Waals surface area contributed by atoms with E-state index in [1.807, 2.05) is 39.9 Å². The van der Waals surface area contributed by atoms with E-state index in [9.17, 15) is 10.1 Å². The number of hydrogen-bond donors (Lipinski definition) is 1. The van der Waals surface area contributed by atoms with Crippen LogP contribution in [-0.2, 0) is 11.8 Å². The molecule has 150 valence electrons. The Morgan fingerprint density at radius 3 is 2.83 bits per heavy atom. The van der Waals surface area contributed by atoms with Crippen molar-refractivity contribution in [2.24, 2.45) is 7.05 Å². The number of nitriles is 1. The molecule has 0 saturated carbocycles. The molecule has 0 radical (unpaired) electrons. The van der Waals surface area contributed by atoms with Crippen LogP contribution in [-0.4, -0.2) is 50.8 Å². The quantitative estimate of drug-likeness (QED) is 0.562. The van der Waals surface area contributed by atoms with Crippen molar-refractivity contribution in [2.75, 3.05) is 31.2 Å². The second-order valence-corrected chi connectivity index (χ2v) is 7.12. The van der Waals surface area contributed by atoms with Crippen LogP contribution in [0.2, 0.25) is 0 Å². The molecular formula is C21H19N7O2. The summed E-state index contributed by atoms with van der Waals surface area (Å²) in [5.74, 6) is 0. The fourth-order valence-electron chi connectivity index (χ4n) is 3.78. The predicted octanol–water partition coefficient (Wildman–Crippen LogP) is 1.82. The first-order chi connectivity index (χ1) is 14.7. The normalized spacial score (nSPS) is 14.2. The third-order valence-electron chi connectivity index (χ3n) is 5.33. The summed E-state index contributed by atoms with van der Waals surface area (Å²) in [6, 6.07) is 13.4. The van der Waals surface area contributed by atoms with Crippen molar-refractivity contribution >= 4 is 16.6 Å². The van der Waals surface area contributed by atoms with Gasteiger partial charge in [-0.25, -0.2) is 4.68 Å². The minimum atomic E-state index is -0.146. The highest BCUT2D eigenvalue weighted by Gasteiger charge is 2.19. The lowest BCUT2D eigenvalue weighted by atomic mass is 10.1. The zero-order valence-electron chi connectivity index (χ0n) is 16.4. The third kappa shape index (κ3) is 2.94. The number of ether oxygens (including phenoxy) is 1. The number of hydrogen-bond acceptors (Lipinski definition) is 6. The summed E-state index contributed by atoms with van der Waals surface area (Å²) in [5, 5.41) is 22.2. The van der Waals surface area contributed by atoms with E-state index in [0.29, 0.717) is 49.1 Å². The van der Waals surface area contributed by atoms with E-state index in [0.717, 1.165) is 16.6 Å². The molecule has 1 saturated heterocycles. The average molecular weight is 401 g/mol. The number of aromatic nitrogens is 5. The average Bonchev–Trinajstić information content (AvgIpc) is 3.42. The van der Waals surface area contributed by atoms with Crippen LogP contribution in [0.5, 0.6) is 0 Å². The molecule has 4 aromatic rings. The zero-order valence-corrected chi connectivity index (χ0v) is 16.4. The highest BCUT2D eigenvalue weighted by Crippen LogP contribution is 2.28. The first-order valence-electron chi connectivity index (χ1n) is 9.63. The maximum absolute atomic E-state index is 12.7. The van der Waals surface area contributed by atoms with Crippen LogP contribution in [0, 0.1) is 11.3 Å². The molecule has 30 heavy (non-hydrogen) atoms. The van der Waals surface area contributed by atoms with Crippen LogP contribution < -0.4 is 10.5 Å². The van der Waals surface area contributed by atoms with Crippen molar-refractivity contribution in [3.8, 4) is 23.1 Å². The molecule has 0 atom stereocenters. The molecule has 1 N–H and O–H groups in total. The number of benzene rings is 1. The smallest absolute Gasteiger partial charge is 0.290 e. The number of nitrogens with zero attached hydrogens (tertiary/aromatic N) is 6. The Labute approximate surface area is 171 Å². The van der Waals surface area contributed by atoms with E-state index >= 15 is 0 Å². The van der Waals surface area contributed by atoms with Gasteiger partial charge in [0.1, 0.15) is 28.8 Å². The maximum Gasteiger partial charge on any atom is 0.290 e. The largest absolute Gasteiger partial charge is 0.378 e. The number of H-pyrrole nitrogens is 1. The molecule has 5 rings (SSSR count). The number of anilines is 1. The van der Waals surface area contributed by atoms with Crippen LogP contribution >= 0.6 is 0 Å². The third-order valence-corrected chi connectivity index (χ3v) is 5.33. The molecular weight excluding hydrogens is 382 g/mol. The Balaban J connectivity index is 1.65. The van der Waals surface area contributed by atoms with Crippen LogP contribution in [0.3, 0.4) is 0 Å². The van der Waals surface area contributed by atoms with Gasteiger partial charge in [-0.05, 0) is 36.4 Å². The van der Waals surface area contributed by atoms with E-state index in [4.69, 9.17) is 4.74 Å². The molecule has 0 unspecified atom stereocenters. The molecule has 9 heteroatoms. The van der Waals surface area contributed by atoms with Gasteiger partial charge in [-0.2, -0.15) is 15.5 Å². The van der Waals surface area contributed by atoms with Crippen molar-refractivity contribution in [1.29, 1.82) is 5.26 Å². The fourth-order valence-corrected chi connectivity index (χ4v) is 3.78. The Kier molecular flexibility index (Phi) is 4.34. The van der Waals surface area contributed by atoms with Crippen molar-refractivity contribution in [1.82, 2.24) is 24.5 Å². The lowest BCUT2D eigenvalue weighted by molar-refractivity contribution is 0.122. The Morgan fingerprint density at radius 2 is 2.03 bits per heavy atom. The van der Waals surface area contributed by atoms with Gasteiger partial charge < -0.3 is 14.2 Å². The van der Waals surface area contributed by atoms with Crippen LogP contribution in [0.25, 0.3) is 28.0 Å². The van der Waals surface area contributed by atoms with Crippen molar-refractivity contribution in [2.45, 2.75) is 0 Å². The van der Waals surface area contributed by atoms with Gasteiger partial charge in [-0.1, -0.05) is 0 Å². The molecule has 9 nitrogen and oxygen atoms in total. The molecule has 0 spiro atoms. The number of morpholine rings is 1. The van der Waals surface area contributed by atoms with Crippen molar-refractivity contribution in [3.63, 3.8) is 0 Å². The summed E-state index contributed by atoms with van der Waals surface area (Å²) < 4.78 is 8.58. The summed E-state index contributed by atoms with van der Waals surface area (Å²) in [6.07, 6.45) is 1.85. The van der Waals surface area contributed by atoms with Gasteiger partial charge in [0.2, 0.25) is 0 Å². The second kappa shape index (κ2) is 7.17. The van der Waals surface area contributed by atoms with Gasteiger partial charge >= 0.3 is 0 Å². The van der Waals surface area contributed by atoms with E-state index in [1.165, 1.54) is 4.68 Å². The number of rotatable bonds is 3. The van der Waals surface area contributed by atoms with Crippen LogP contribution in [0.15, 0.2) is 47.4 Å². The number of fused-ring (bicyclic) bond motifs is 1. The minimum Gasteiger partial charge on any atom is -0.378 e. The van der Waals surface area contributed by atoms with E-state index < -0.39 is 0 Å². The molecule has 1 aromatic carbocycles. The maximum atomic E-state index is 12.7. The zero-order chi connectivity index (χ0) is 20.7. The highest BCUT2D eigenvalue weighted by molar-refractivity contribution is 5.93. The monoisotopic (exact) mass is 401 g/mol. The highest BCUT2D eigenvalue weighted by atomic mass is 16.5. The summed E-state index contributed by atoms with van der Waals surface area (Å²) >= 11 is 0. The molecule has 0 amide bonds. The summed E-state index contributed by atoms with van der Waals surface area (Å²) in [7, 11) is 1.65. The van der Waals surface area contributed by atoms with E-state index in [-0.39, 0.29) is 5.56 Å². The standard InChI is InChI=1S/C21H19N7O2/c1-26-21(29)19(27-7-9-30-10-8-27)12-18(25-26)20-16-11-14(4-5-17(16)23-24-20)28-6-2-3-15(28)13-22/h2-6,11-12H,7-10H2,1H3,(H,23,24). The Hall–Kier alpha value is -3.90. The van der Waals surface area contributed by atoms with Gasteiger partial charge in [-0.15, -0.1) is 0 Å². The van der Waals surface area contributed by atoms with Gasteiger partial charge in [0.25, 0.3) is 5.56 Å². The topological polar surface area (TPSA) is 105 Å². The molecule has 0 bridgehead atoms. The molecule has 1 aliphatic rings. The molecule has 1 fully saturated rings. The number of aryl methyl sites for hydroxylation is 1. The predicted molar refractivity (Wildman–Crippen MR) is 112 cm³/mol. The molecule has 1 aliphatic heterocycles. The lowest BCUT2D eigenvalue weighted by Crippen LogP contribution is -2.40. The first kappa shape index (κ1) is 18.1. The second-order valence-electron chi connectivity index (χ2n) is 7.12. The fraction of sp³-hybridized carbons (Fsp3) is 0.238. The number of nitrogens with one attached hydrogen (secondary N) is 1. The molecule has 0 aliphatic carbocycles. The van der Waals surface area contributed by atoms with Crippen LogP contribution in [0.1, 0.15) is 5.69 Å². The molecule has 4 heterocycles. The lowest BCUT2D eigenvalue weighted by Gasteiger charge is -2.28. The van der Waals surface area contributed by atoms with Gasteiger partial charge in [0.15, 0.2) is 0 Å². The first-order valence-corrected chi connectivity index (χ1v) is 9.63. The van der Waals surface area contributed by atoms with Crippen molar-refractivity contribution in [3.05, 3.63) is 58.6 Å². The molecule has 3 aromatic heterocycles. The summed E-state index contributed by atoms with van der Waals surface area (Å²) in [4.78, 5) is 14.7. The van der Waals surface area contributed by atoms with Crippen LogP contribution in [0.4, 0.5) is 5.69 Å². The number of aromatic amines is 1. The van der Waals surface area contributed by atoms with Crippen molar-refractivity contribution < 1.29 is 4.74 Å². The van der Waals surface area contributed by atoms with E-state index in [1.54, 1.807) is 19.2 Å². The summed E-state index contributed by atoms with van der Waals surface area (Å²) in [6.45, 7) is 2.50. The Bertz CT molecular complexity index is 1340. The van der Waals surface area contributed by atoms with Gasteiger partial charge in [-0.3, -0.25) is 9.89 Å². The van der Waals surface area contributed by atoms with E-state index in [2.05, 4.69) is 21.4 Å². The Morgan fingerprint density at radius 1 is 1.20 bits per heavy atom. The summed E-state index contributed by atoms with van der Waals surface area (Å²) in [5.41, 5.74) is 3.96. The minimum absolute atomic E-state index is 0.146.